The fraction of sp³-hybridized carbons (Fsp3) is 0.833. The Kier molecular flexibility index (Phi) is 10.1. The van der Waals surface area contributed by atoms with Crippen molar-refractivity contribution in [2.45, 2.75) is 83.8 Å². The topological polar surface area (TPSA) is 68.9 Å². The van der Waals surface area contributed by atoms with Gasteiger partial charge in [0.2, 0.25) is 5.89 Å². The minimum Gasteiger partial charge on any atom is -0.444 e. The molecule has 1 aromatic rings. The molecule has 1 saturated carbocycles. The van der Waals surface area contributed by atoms with Crippen LogP contribution >= 0.6 is 24.0 Å². The maximum Gasteiger partial charge on any atom is 0.208 e. The van der Waals surface area contributed by atoms with Crippen LogP contribution in [0.2, 0.25) is 0 Å². The van der Waals surface area contributed by atoms with E-state index in [0.717, 1.165) is 55.5 Å². The zero-order valence-electron chi connectivity index (χ0n) is 20.2. The molecule has 0 amide bonds. The van der Waals surface area contributed by atoms with Crippen LogP contribution in [0, 0.1) is 19.8 Å². The van der Waals surface area contributed by atoms with E-state index in [2.05, 4.69) is 30.4 Å². The van der Waals surface area contributed by atoms with E-state index in [1.807, 2.05) is 20.9 Å². The molecule has 3 aliphatic rings. The molecular weight excluding hydrogens is 515 g/mol. The highest BCUT2D eigenvalue weighted by atomic mass is 127. The van der Waals surface area contributed by atoms with Crippen molar-refractivity contribution in [3.63, 3.8) is 0 Å². The van der Waals surface area contributed by atoms with Gasteiger partial charge in [-0.05, 0) is 71.4 Å². The molecule has 7 nitrogen and oxygen atoms in total. The molecule has 0 aromatic carbocycles. The molecule has 0 radical (unpaired) electrons. The number of halogens is 1. The Hall–Kier alpha value is -0.870. The third-order valence-corrected chi connectivity index (χ3v) is 7.63. The van der Waals surface area contributed by atoms with Crippen molar-refractivity contribution in [1.82, 2.24) is 25.4 Å². The third-order valence-electron chi connectivity index (χ3n) is 7.63. The van der Waals surface area contributed by atoms with Crippen LogP contribution in [0.25, 0.3) is 0 Å². The van der Waals surface area contributed by atoms with E-state index >= 15 is 0 Å². The lowest BCUT2D eigenvalue weighted by Gasteiger charge is -2.37. The van der Waals surface area contributed by atoms with Gasteiger partial charge in [0.1, 0.15) is 5.76 Å². The molecular formula is C24H43IN6O. The Balaban J connectivity index is 0.00000289. The summed E-state index contributed by atoms with van der Waals surface area (Å²) in [4.78, 5) is 14.2. The van der Waals surface area contributed by atoms with Crippen LogP contribution in [-0.4, -0.2) is 72.6 Å². The first kappa shape index (κ1) is 25.7. The third kappa shape index (κ3) is 7.06. The first-order valence-corrected chi connectivity index (χ1v) is 12.5. The normalized spacial score (nSPS) is 22.8. The lowest BCUT2D eigenvalue weighted by molar-refractivity contribution is 0.149. The lowest BCUT2D eigenvalue weighted by atomic mass is 9.97. The largest absolute Gasteiger partial charge is 0.444 e. The summed E-state index contributed by atoms with van der Waals surface area (Å²) in [6.45, 7) is 10.5. The number of guanidine groups is 1. The molecule has 0 bridgehead atoms. The van der Waals surface area contributed by atoms with E-state index in [-0.39, 0.29) is 24.0 Å². The molecule has 2 aliphatic heterocycles. The molecule has 3 heterocycles. The number of hydrogen-bond acceptors (Lipinski definition) is 5. The number of rotatable bonds is 6. The number of likely N-dealkylation sites (tertiary alicyclic amines) is 2. The second-order valence-electron chi connectivity index (χ2n) is 9.81. The van der Waals surface area contributed by atoms with Gasteiger partial charge in [-0.15, -0.1) is 24.0 Å². The van der Waals surface area contributed by atoms with Gasteiger partial charge in [0, 0.05) is 38.8 Å². The standard InChI is InChI=1S/C24H42N6O.HI/c1-18-19(2)31-23(27-18)17-29-12-8-20(9-13-29)16-26-24(25-3)28-21-10-14-30(15-11-21)22-6-4-5-7-22;/h20-22H,4-17H2,1-3H3,(H2,25,26,28);1H. The zero-order valence-corrected chi connectivity index (χ0v) is 22.6. The van der Waals surface area contributed by atoms with Gasteiger partial charge in [0.05, 0.1) is 12.2 Å². The molecule has 2 N–H and O–H groups in total. The smallest absolute Gasteiger partial charge is 0.208 e. The van der Waals surface area contributed by atoms with Crippen molar-refractivity contribution in [3.8, 4) is 0 Å². The van der Waals surface area contributed by atoms with Gasteiger partial charge in [-0.3, -0.25) is 9.89 Å². The summed E-state index contributed by atoms with van der Waals surface area (Å²) >= 11 is 0. The second-order valence-corrected chi connectivity index (χ2v) is 9.81. The van der Waals surface area contributed by atoms with Gasteiger partial charge in [-0.2, -0.15) is 0 Å². The summed E-state index contributed by atoms with van der Waals surface area (Å²) in [5.74, 6) is 3.48. The lowest BCUT2D eigenvalue weighted by Crippen LogP contribution is -2.51. The number of nitrogens with zero attached hydrogens (tertiary/aromatic N) is 4. The van der Waals surface area contributed by atoms with Crippen molar-refractivity contribution in [2.24, 2.45) is 10.9 Å². The van der Waals surface area contributed by atoms with E-state index < -0.39 is 0 Å². The van der Waals surface area contributed by atoms with E-state index in [1.54, 1.807) is 0 Å². The van der Waals surface area contributed by atoms with Gasteiger partial charge >= 0.3 is 0 Å². The van der Waals surface area contributed by atoms with Crippen molar-refractivity contribution < 1.29 is 4.42 Å². The Morgan fingerprint density at radius 3 is 2.31 bits per heavy atom. The molecule has 0 spiro atoms. The Bertz CT molecular complexity index is 697. The van der Waals surface area contributed by atoms with Crippen molar-refractivity contribution in [1.29, 1.82) is 0 Å². The number of aryl methyl sites for hydroxylation is 2. The summed E-state index contributed by atoms with van der Waals surface area (Å²) in [7, 11) is 1.89. The summed E-state index contributed by atoms with van der Waals surface area (Å²) < 4.78 is 5.75. The second kappa shape index (κ2) is 12.6. The molecule has 3 fully saturated rings. The maximum atomic E-state index is 5.75. The molecule has 1 aromatic heterocycles. The maximum absolute atomic E-state index is 5.75. The molecule has 32 heavy (non-hydrogen) atoms. The molecule has 0 unspecified atom stereocenters. The monoisotopic (exact) mass is 558 g/mol. The quantitative estimate of drug-likeness (QED) is 0.316. The summed E-state index contributed by atoms with van der Waals surface area (Å²) in [6, 6.07) is 1.42. The first-order valence-electron chi connectivity index (χ1n) is 12.5. The molecule has 182 valence electrons. The molecule has 2 saturated heterocycles. The zero-order chi connectivity index (χ0) is 21.6. The van der Waals surface area contributed by atoms with Crippen LogP contribution < -0.4 is 10.6 Å². The van der Waals surface area contributed by atoms with E-state index in [4.69, 9.17) is 4.42 Å². The number of oxazole rings is 1. The highest BCUT2D eigenvalue weighted by molar-refractivity contribution is 14.0. The summed E-state index contributed by atoms with van der Waals surface area (Å²) in [5.41, 5.74) is 1.01. The number of aromatic nitrogens is 1. The van der Waals surface area contributed by atoms with Crippen LogP contribution in [0.15, 0.2) is 9.41 Å². The van der Waals surface area contributed by atoms with Gasteiger partial charge in [-0.1, -0.05) is 12.8 Å². The predicted molar refractivity (Wildman–Crippen MR) is 141 cm³/mol. The number of nitrogens with one attached hydrogen (secondary N) is 2. The van der Waals surface area contributed by atoms with E-state index in [1.165, 1.54) is 64.5 Å². The predicted octanol–water partition coefficient (Wildman–Crippen LogP) is 3.69. The SMILES string of the molecule is CN=C(NCC1CCN(Cc2nc(C)c(C)o2)CC1)NC1CCN(C2CCCC2)CC1.I. The summed E-state index contributed by atoms with van der Waals surface area (Å²) in [5, 5.41) is 7.29. The number of aliphatic imine (C=N–C) groups is 1. The van der Waals surface area contributed by atoms with E-state index in [9.17, 15) is 0 Å². The van der Waals surface area contributed by atoms with Gasteiger partial charge in [0.15, 0.2) is 5.96 Å². The van der Waals surface area contributed by atoms with Gasteiger partial charge in [-0.25, -0.2) is 4.98 Å². The Labute approximate surface area is 211 Å². The van der Waals surface area contributed by atoms with Crippen LogP contribution in [0.3, 0.4) is 0 Å². The van der Waals surface area contributed by atoms with E-state index in [0.29, 0.717) is 12.0 Å². The van der Waals surface area contributed by atoms with Crippen molar-refractivity contribution in [3.05, 3.63) is 17.3 Å². The fourth-order valence-electron chi connectivity index (χ4n) is 5.45. The minimum absolute atomic E-state index is 0. The highest BCUT2D eigenvalue weighted by Crippen LogP contribution is 2.26. The number of hydrogen-bond donors (Lipinski definition) is 2. The molecule has 0 atom stereocenters. The average molecular weight is 559 g/mol. The fourth-order valence-corrected chi connectivity index (χ4v) is 5.45. The van der Waals surface area contributed by atoms with Crippen LogP contribution in [-0.2, 0) is 6.54 Å². The van der Waals surface area contributed by atoms with Crippen molar-refractivity contribution >= 4 is 29.9 Å². The van der Waals surface area contributed by atoms with Crippen molar-refractivity contribution in [2.75, 3.05) is 39.8 Å². The van der Waals surface area contributed by atoms with Crippen LogP contribution in [0.4, 0.5) is 0 Å². The highest BCUT2D eigenvalue weighted by Gasteiger charge is 2.27. The van der Waals surface area contributed by atoms with Crippen LogP contribution in [0.1, 0.15) is 68.7 Å². The molecule has 1 aliphatic carbocycles. The minimum atomic E-state index is 0. The Morgan fingerprint density at radius 1 is 1.03 bits per heavy atom. The van der Waals surface area contributed by atoms with Gasteiger partial charge < -0.3 is 20.0 Å². The molecule has 4 rings (SSSR count). The summed E-state index contributed by atoms with van der Waals surface area (Å²) in [6.07, 6.45) is 10.6. The van der Waals surface area contributed by atoms with Gasteiger partial charge in [0.25, 0.3) is 0 Å². The Morgan fingerprint density at radius 2 is 1.72 bits per heavy atom. The first-order chi connectivity index (χ1) is 15.1. The number of piperidine rings is 2. The average Bonchev–Trinajstić information content (AvgIpc) is 3.43. The molecule has 8 heteroatoms. The van der Waals surface area contributed by atoms with Crippen LogP contribution in [0.5, 0.6) is 0 Å².